The lowest BCUT2D eigenvalue weighted by atomic mass is 9.88. The molecule has 2 aromatic carbocycles. The van der Waals surface area contributed by atoms with Crippen LogP contribution in [0.1, 0.15) is 35.8 Å². The smallest absolute Gasteiger partial charge is 0.312 e. The number of Topliss-reactive ketones (excluding diaryl/α,β-unsaturated/α-hetero) is 1. The minimum absolute atomic E-state index is 0.00148. The van der Waals surface area contributed by atoms with E-state index in [1.807, 2.05) is 61.5 Å². The van der Waals surface area contributed by atoms with Crippen molar-refractivity contribution in [1.82, 2.24) is 4.98 Å². The Bertz CT molecular complexity index is 1260. The fourth-order valence-corrected chi connectivity index (χ4v) is 4.82. The molecule has 0 unspecified atom stereocenters. The monoisotopic (exact) mass is 549 g/mol. The first-order valence-electron chi connectivity index (χ1n) is 13.3. The van der Waals surface area contributed by atoms with E-state index in [9.17, 15) is 14.7 Å². The number of aromatic nitrogens is 1. The predicted octanol–water partition coefficient (Wildman–Crippen LogP) is 4.65. The lowest BCUT2D eigenvalue weighted by Gasteiger charge is -2.34. The van der Waals surface area contributed by atoms with Crippen LogP contribution in [-0.2, 0) is 20.7 Å². The highest BCUT2D eigenvalue weighted by Crippen LogP contribution is 2.31. The van der Waals surface area contributed by atoms with E-state index in [4.69, 9.17) is 23.7 Å². The molecule has 40 heavy (non-hydrogen) atoms. The summed E-state index contributed by atoms with van der Waals surface area (Å²) in [6.07, 6.45) is 1.36. The molecule has 1 N–H and O–H groups in total. The highest BCUT2D eigenvalue weighted by Gasteiger charge is 2.36. The van der Waals surface area contributed by atoms with Crippen molar-refractivity contribution in [3.63, 3.8) is 0 Å². The largest absolute Gasteiger partial charge is 0.503 e. The normalized spacial score (nSPS) is 21.6. The topological polar surface area (TPSA) is 113 Å². The molecule has 0 bridgehead atoms. The standard InChI is InChI=1S/C31H35NO8/c1-20-30(40-25-7-5-4-6-8-25)22(17-21-9-11-24(36-2)12-10-21)14-16-38-19-23(31(35)39-20)18-26(33)28-29(34)27(37-3)13-15-32-28/h4-13,15,20,22-23,30,34H,14,16-19H2,1-3H3/t20-,22+,23-,30-/m0/s1. The average molecular weight is 550 g/mol. The van der Waals surface area contributed by atoms with Gasteiger partial charge in [0.1, 0.15) is 23.7 Å². The Hall–Kier alpha value is -4.11. The van der Waals surface area contributed by atoms with Gasteiger partial charge in [-0.2, -0.15) is 0 Å². The minimum atomic E-state index is -0.877. The molecule has 1 aromatic heterocycles. The molecule has 0 aliphatic carbocycles. The number of para-hydroxylation sites is 1. The Kier molecular flexibility index (Phi) is 9.96. The highest BCUT2D eigenvalue weighted by molar-refractivity contribution is 5.99. The van der Waals surface area contributed by atoms with Crippen molar-refractivity contribution in [2.24, 2.45) is 11.8 Å². The number of hydrogen-bond donors (Lipinski definition) is 1. The summed E-state index contributed by atoms with van der Waals surface area (Å²) >= 11 is 0. The second kappa shape index (κ2) is 13.8. The van der Waals surface area contributed by atoms with Crippen LogP contribution in [0.4, 0.5) is 0 Å². The number of hydrogen-bond acceptors (Lipinski definition) is 9. The molecule has 0 amide bonds. The lowest BCUT2D eigenvalue weighted by molar-refractivity contribution is -0.163. The van der Waals surface area contributed by atoms with Gasteiger partial charge < -0.3 is 28.8 Å². The molecule has 9 nitrogen and oxygen atoms in total. The molecule has 1 aliphatic rings. The van der Waals surface area contributed by atoms with Crippen molar-refractivity contribution in [2.45, 2.75) is 38.4 Å². The van der Waals surface area contributed by atoms with Crippen LogP contribution < -0.4 is 14.2 Å². The SMILES string of the molecule is COc1ccc(C[C@H]2CCOC[C@H](CC(=O)c3nccc(OC)c3O)C(=O)O[C@@H](C)[C@@H]2Oc2ccccc2)cc1. The Morgan fingerprint density at radius 3 is 2.48 bits per heavy atom. The first-order chi connectivity index (χ1) is 19.4. The first kappa shape index (κ1) is 28.9. The number of esters is 1. The highest BCUT2D eigenvalue weighted by atomic mass is 16.6. The molecule has 4 rings (SSSR count). The summed E-state index contributed by atoms with van der Waals surface area (Å²) in [5, 5.41) is 10.4. The fraction of sp³-hybridized carbons (Fsp3) is 0.387. The van der Waals surface area contributed by atoms with Crippen LogP contribution >= 0.6 is 0 Å². The number of aromatic hydroxyl groups is 1. The molecule has 4 atom stereocenters. The molecule has 9 heteroatoms. The lowest BCUT2D eigenvalue weighted by Crippen LogP contribution is -2.43. The van der Waals surface area contributed by atoms with Gasteiger partial charge in [-0.05, 0) is 49.6 Å². The number of cyclic esters (lactones) is 1. The van der Waals surface area contributed by atoms with Crippen molar-refractivity contribution >= 4 is 11.8 Å². The van der Waals surface area contributed by atoms with E-state index < -0.39 is 29.9 Å². The number of rotatable bonds is 9. The number of benzene rings is 2. The molecular weight excluding hydrogens is 514 g/mol. The van der Waals surface area contributed by atoms with Crippen LogP contribution in [-0.4, -0.2) is 61.5 Å². The van der Waals surface area contributed by atoms with Gasteiger partial charge in [-0.15, -0.1) is 0 Å². The quantitative estimate of drug-likeness (QED) is 0.301. The molecule has 0 saturated carbocycles. The summed E-state index contributed by atoms with van der Waals surface area (Å²) in [6, 6.07) is 18.7. The number of carbonyl (C=O) groups excluding carboxylic acids is 2. The fourth-order valence-electron chi connectivity index (χ4n) is 4.82. The molecule has 0 spiro atoms. The predicted molar refractivity (Wildman–Crippen MR) is 147 cm³/mol. The van der Waals surface area contributed by atoms with Crippen molar-refractivity contribution in [3.05, 3.63) is 78.1 Å². The number of ketones is 1. The summed E-state index contributed by atoms with van der Waals surface area (Å²) in [5.74, 6) is -0.799. The summed E-state index contributed by atoms with van der Waals surface area (Å²) in [4.78, 5) is 30.3. The van der Waals surface area contributed by atoms with E-state index in [0.717, 1.165) is 11.3 Å². The van der Waals surface area contributed by atoms with Crippen LogP contribution in [0.5, 0.6) is 23.0 Å². The minimum Gasteiger partial charge on any atom is -0.503 e. The van der Waals surface area contributed by atoms with Crippen LogP contribution in [0.25, 0.3) is 0 Å². The third-order valence-electron chi connectivity index (χ3n) is 6.99. The molecule has 1 fully saturated rings. The molecule has 0 radical (unpaired) electrons. The van der Waals surface area contributed by atoms with Crippen molar-refractivity contribution < 1.29 is 38.4 Å². The molecule has 2 heterocycles. The molecule has 1 saturated heterocycles. The Morgan fingerprint density at radius 1 is 1.02 bits per heavy atom. The summed E-state index contributed by atoms with van der Waals surface area (Å²) < 4.78 is 28.6. The van der Waals surface area contributed by atoms with Crippen LogP contribution in [0.2, 0.25) is 0 Å². The second-order valence-electron chi connectivity index (χ2n) is 9.75. The maximum absolute atomic E-state index is 13.3. The van der Waals surface area contributed by atoms with Gasteiger partial charge in [-0.1, -0.05) is 30.3 Å². The van der Waals surface area contributed by atoms with Crippen LogP contribution in [0.3, 0.4) is 0 Å². The van der Waals surface area contributed by atoms with E-state index in [0.29, 0.717) is 25.2 Å². The molecule has 3 aromatic rings. The third kappa shape index (κ3) is 7.30. The van der Waals surface area contributed by atoms with Gasteiger partial charge in [0.05, 0.1) is 26.7 Å². The van der Waals surface area contributed by atoms with Crippen LogP contribution in [0.15, 0.2) is 66.9 Å². The van der Waals surface area contributed by atoms with Gasteiger partial charge in [0.15, 0.2) is 23.0 Å². The van der Waals surface area contributed by atoms with E-state index in [2.05, 4.69) is 4.98 Å². The number of ether oxygens (including phenoxy) is 5. The summed E-state index contributed by atoms with van der Waals surface area (Å²) in [5.41, 5.74) is 0.930. The number of nitrogens with zero attached hydrogens (tertiary/aromatic N) is 1. The summed E-state index contributed by atoms with van der Waals surface area (Å²) in [7, 11) is 3.01. The zero-order valence-corrected chi connectivity index (χ0v) is 22.9. The molecule has 212 valence electrons. The van der Waals surface area contributed by atoms with Crippen LogP contribution in [0, 0.1) is 11.8 Å². The van der Waals surface area contributed by atoms with E-state index in [1.54, 1.807) is 7.11 Å². The Morgan fingerprint density at radius 2 is 1.77 bits per heavy atom. The van der Waals surface area contributed by atoms with E-state index in [-0.39, 0.29) is 36.1 Å². The molecular formula is C31H35NO8. The van der Waals surface area contributed by atoms with Crippen molar-refractivity contribution in [2.75, 3.05) is 27.4 Å². The maximum atomic E-state index is 13.3. The second-order valence-corrected chi connectivity index (χ2v) is 9.75. The van der Waals surface area contributed by atoms with Gasteiger partial charge in [0, 0.05) is 31.2 Å². The first-order valence-corrected chi connectivity index (χ1v) is 13.3. The van der Waals surface area contributed by atoms with Crippen molar-refractivity contribution in [3.8, 4) is 23.0 Å². The number of methoxy groups -OCH3 is 2. The Labute approximate surface area is 234 Å². The number of carbonyl (C=O) groups is 2. The van der Waals surface area contributed by atoms with E-state index >= 15 is 0 Å². The Balaban J connectivity index is 1.54. The summed E-state index contributed by atoms with van der Waals surface area (Å²) in [6.45, 7) is 2.17. The zero-order chi connectivity index (χ0) is 28.5. The number of pyridine rings is 1. The van der Waals surface area contributed by atoms with Crippen molar-refractivity contribution in [1.29, 1.82) is 0 Å². The van der Waals surface area contributed by atoms with Gasteiger partial charge >= 0.3 is 5.97 Å². The van der Waals surface area contributed by atoms with Gasteiger partial charge in [0.25, 0.3) is 0 Å². The molecule has 1 aliphatic heterocycles. The van der Waals surface area contributed by atoms with E-state index in [1.165, 1.54) is 19.4 Å². The zero-order valence-electron chi connectivity index (χ0n) is 22.9. The van der Waals surface area contributed by atoms with Gasteiger partial charge in [-0.3, -0.25) is 9.59 Å². The van der Waals surface area contributed by atoms with Gasteiger partial charge in [-0.25, -0.2) is 4.98 Å². The van der Waals surface area contributed by atoms with Gasteiger partial charge in [0.2, 0.25) is 0 Å². The third-order valence-corrected chi connectivity index (χ3v) is 6.99. The average Bonchev–Trinajstić information content (AvgIpc) is 2.97. The maximum Gasteiger partial charge on any atom is 0.312 e.